The molecule has 3 rings (SSSR count). The van der Waals surface area contributed by atoms with E-state index in [-0.39, 0.29) is 6.04 Å². The summed E-state index contributed by atoms with van der Waals surface area (Å²) in [5, 5.41) is 8.04. The summed E-state index contributed by atoms with van der Waals surface area (Å²) in [7, 11) is 0. The summed E-state index contributed by atoms with van der Waals surface area (Å²) in [6, 6.07) is 1.87. The molecular formula is C14H19N3OS. The van der Waals surface area contributed by atoms with Crippen LogP contribution in [0.15, 0.2) is 21.3 Å². The molecular weight excluding hydrogens is 258 g/mol. The van der Waals surface area contributed by atoms with Crippen molar-refractivity contribution in [1.82, 2.24) is 10.1 Å². The Balaban J connectivity index is 1.65. The number of aromatic nitrogens is 2. The molecule has 2 aromatic heterocycles. The van der Waals surface area contributed by atoms with Gasteiger partial charge in [0.25, 0.3) is 0 Å². The summed E-state index contributed by atoms with van der Waals surface area (Å²) in [6.45, 7) is 0. The van der Waals surface area contributed by atoms with Gasteiger partial charge < -0.3 is 10.3 Å². The fraction of sp³-hybridized carbons (Fsp3) is 0.571. The SMILES string of the molecule is NC(CC1CCCCC1)c1nc(-c2ccsc2)no1. The lowest BCUT2D eigenvalue weighted by Crippen LogP contribution is -2.17. The summed E-state index contributed by atoms with van der Waals surface area (Å²) in [5.74, 6) is 1.95. The van der Waals surface area contributed by atoms with Crippen LogP contribution in [0.3, 0.4) is 0 Å². The predicted octanol–water partition coefficient (Wildman–Crippen LogP) is 3.77. The lowest BCUT2D eigenvalue weighted by atomic mass is 9.85. The van der Waals surface area contributed by atoms with Crippen LogP contribution >= 0.6 is 11.3 Å². The van der Waals surface area contributed by atoms with Gasteiger partial charge in [-0.05, 0) is 23.8 Å². The van der Waals surface area contributed by atoms with Crippen LogP contribution in [0.1, 0.15) is 50.5 Å². The zero-order valence-corrected chi connectivity index (χ0v) is 11.7. The second-order valence-corrected chi connectivity index (χ2v) is 6.09. The Morgan fingerprint density at radius 2 is 2.21 bits per heavy atom. The van der Waals surface area contributed by atoms with Crippen molar-refractivity contribution >= 4 is 11.3 Å². The molecule has 0 bridgehead atoms. The van der Waals surface area contributed by atoms with Gasteiger partial charge in [0.15, 0.2) is 0 Å². The van der Waals surface area contributed by atoms with E-state index in [1.54, 1.807) is 11.3 Å². The topological polar surface area (TPSA) is 64.9 Å². The molecule has 19 heavy (non-hydrogen) atoms. The first-order valence-corrected chi connectivity index (χ1v) is 7.89. The third-order valence-electron chi connectivity index (χ3n) is 3.85. The van der Waals surface area contributed by atoms with E-state index in [1.807, 2.05) is 16.8 Å². The number of thiophene rings is 1. The van der Waals surface area contributed by atoms with Crippen molar-refractivity contribution in [2.45, 2.75) is 44.6 Å². The zero-order chi connectivity index (χ0) is 13.1. The summed E-state index contributed by atoms with van der Waals surface area (Å²) in [4.78, 5) is 4.42. The average Bonchev–Trinajstić information content (AvgIpc) is 3.11. The minimum Gasteiger partial charge on any atom is -0.337 e. The number of nitrogens with two attached hydrogens (primary N) is 1. The van der Waals surface area contributed by atoms with E-state index in [9.17, 15) is 0 Å². The lowest BCUT2D eigenvalue weighted by Gasteiger charge is -2.22. The van der Waals surface area contributed by atoms with E-state index in [0.717, 1.165) is 17.9 Å². The molecule has 0 radical (unpaired) electrons. The number of hydrogen-bond donors (Lipinski definition) is 1. The largest absolute Gasteiger partial charge is 0.337 e. The molecule has 0 aromatic carbocycles. The van der Waals surface area contributed by atoms with Gasteiger partial charge in [-0.1, -0.05) is 37.3 Å². The number of rotatable bonds is 4. The van der Waals surface area contributed by atoms with Gasteiger partial charge in [-0.2, -0.15) is 16.3 Å². The Bertz CT molecular complexity index is 503. The van der Waals surface area contributed by atoms with Gasteiger partial charge in [0.1, 0.15) is 0 Å². The number of nitrogens with zero attached hydrogens (tertiary/aromatic N) is 2. The first-order chi connectivity index (χ1) is 9.33. The Morgan fingerprint density at radius 1 is 1.37 bits per heavy atom. The van der Waals surface area contributed by atoms with Gasteiger partial charge in [0, 0.05) is 10.9 Å². The standard InChI is InChI=1S/C14H19N3OS/c15-12(8-10-4-2-1-3-5-10)14-16-13(17-18-14)11-6-7-19-9-11/h6-7,9-10,12H,1-5,8,15H2. The molecule has 0 spiro atoms. The second-order valence-electron chi connectivity index (χ2n) is 5.31. The Hall–Kier alpha value is -1.20. The van der Waals surface area contributed by atoms with E-state index in [4.69, 9.17) is 10.3 Å². The summed E-state index contributed by atoms with van der Waals surface area (Å²) >= 11 is 1.63. The predicted molar refractivity (Wildman–Crippen MR) is 75.7 cm³/mol. The van der Waals surface area contributed by atoms with Gasteiger partial charge in [-0.25, -0.2) is 0 Å². The highest BCUT2D eigenvalue weighted by atomic mass is 32.1. The molecule has 102 valence electrons. The van der Waals surface area contributed by atoms with Crippen molar-refractivity contribution in [2.75, 3.05) is 0 Å². The van der Waals surface area contributed by atoms with Crippen LogP contribution in [0.2, 0.25) is 0 Å². The van der Waals surface area contributed by atoms with Crippen LogP contribution in [0.25, 0.3) is 11.4 Å². The fourth-order valence-corrected chi connectivity index (χ4v) is 3.41. The third kappa shape index (κ3) is 3.04. The minimum atomic E-state index is -0.122. The van der Waals surface area contributed by atoms with Gasteiger partial charge in [0.05, 0.1) is 6.04 Å². The van der Waals surface area contributed by atoms with Crippen molar-refractivity contribution in [3.8, 4) is 11.4 Å². The van der Waals surface area contributed by atoms with E-state index < -0.39 is 0 Å². The van der Waals surface area contributed by atoms with Crippen LogP contribution in [0.5, 0.6) is 0 Å². The zero-order valence-electron chi connectivity index (χ0n) is 10.9. The Kier molecular flexibility index (Phi) is 3.94. The van der Waals surface area contributed by atoms with Crippen molar-refractivity contribution in [1.29, 1.82) is 0 Å². The van der Waals surface area contributed by atoms with E-state index in [1.165, 1.54) is 32.1 Å². The highest BCUT2D eigenvalue weighted by molar-refractivity contribution is 7.08. The van der Waals surface area contributed by atoms with Gasteiger partial charge in [-0.3, -0.25) is 0 Å². The molecule has 2 heterocycles. The Labute approximate surface area is 117 Å². The first-order valence-electron chi connectivity index (χ1n) is 6.94. The fourth-order valence-electron chi connectivity index (χ4n) is 2.78. The smallest absolute Gasteiger partial charge is 0.243 e. The summed E-state index contributed by atoms with van der Waals surface area (Å²) in [5.41, 5.74) is 7.20. The molecule has 1 saturated carbocycles. The first kappa shape index (κ1) is 12.8. The molecule has 4 nitrogen and oxygen atoms in total. The van der Waals surface area contributed by atoms with Crippen LogP contribution in [0.4, 0.5) is 0 Å². The second kappa shape index (κ2) is 5.84. The van der Waals surface area contributed by atoms with Crippen LogP contribution in [0, 0.1) is 5.92 Å². The van der Waals surface area contributed by atoms with Crippen molar-refractivity contribution in [3.05, 3.63) is 22.7 Å². The molecule has 0 saturated heterocycles. The monoisotopic (exact) mass is 277 g/mol. The van der Waals surface area contributed by atoms with E-state index >= 15 is 0 Å². The van der Waals surface area contributed by atoms with Crippen LogP contribution in [-0.4, -0.2) is 10.1 Å². The van der Waals surface area contributed by atoms with Gasteiger partial charge in [-0.15, -0.1) is 0 Å². The molecule has 0 amide bonds. The number of hydrogen-bond acceptors (Lipinski definition) is 5. The minimum absolute atomic E-state index is 0.122. The van der Waals surface area contributed by atoms with Crippen molar-refractivity contribution < 1.29 is 4.52 Å². The summed E-state index contributed by atoms with van der Waals surface area (Å²) < 4.78 is 5.31. The Morgan fingerprint density at radius 3 is 2.95 bits per heavy atom. The molecule has 2 aromatic rings. The third-order valence-corrected chi connectivity index (χ3v) is 4.53. The maximum Gasteiger partial charge on any atom is 0.243 e. The molecule has 1 unspecified atom stereocenters. The maximum absolute atomic E-state index is 6.20. The molecule has 2 N–H and O–H groups in total. The molecule has 0 aliphatic heterocycles. The maximum atomic E-state index is 6.20. The average molecular weight is 277 g/mol. The van der Waals surface area contributed by atoms with Gasteiger partial charge >= 0.3 is 0 Å². The normalized spacial score (nSPS) is 18.6. The molecule has 1 atom stereocenters. The highest BCUT2D eigenvalue weighted by Crippen LogP contribution is 2.31. The molecule has 1 fully saturated rings. The molecule has 5 heteroatoms. The van der Waals surface area contributed by atoms with E-state index in [2.05, 4.69) is 10.1 Å². The highest BCUT2D eigenvalue weighted by Gasteiger charge is 2.21. The molecule has 1 aliphatic rings. The lowest BCUT2D eigenvalue weighted by molar-refractivity contribution is 0.284. The summed E-state index contributed by atoms with van der Waals surface area (Å²) in [6.07, 6.45) is 7.58. The van der Waals surface area contributed by atoms with E-state index in [0.29, 0.717) is 11.7 Å². The van der Waals surface area contributed by atoms with Crippen LogP contribution in [-0.2, 0) is 0 Å². The van der Waals surface area contributed by atoms with Gasteiger partial charge in [0.2, 0.25) is 11.7 Å². The van der Waals surface area contributed by atoms with Crippen molar-refractivity contribution in [2.24, 2.45) is 11.7 Å². The molecule has 1 aliphatic carbocycles. The quantitative estimate of drug-likeness (QED) is 0.924. The van der Waals surface area contributed by atoms with Crippen LogP contribution < -0.4 is 5.73 Å². The van der Waals surface area contributed by atoms with Crippen molar-refractivity contribution in [3.63, 3.8) is 0 Å².